The number of nitrogens with zero attached hydrogens (tertiary/aromatic N) is 2. The first-order chi connectivity index (χ1) is 6.79. The third-order valence-corrected chi connectivity index (χ3v) is 2.40. The summed E-state index contributed by atoms with van der Waals surface area (Å²) in [6, 6.07) is 2.11. The fourth-order valence-corrected chi connectivity index (χ4v) is 1.50. The van der Waals surface area contributed by atoms with Crippen LogP contribution in [0.3, 0.4) is 0 Å². The van der Waals surface area contributed by atoms with Gasteiger partial charge >= 0.3 is 0 Å². The maximum Gasteiger partial charge on any atom is 0.223 e. The summed E-state index contributed by atoms with van der Waals surface area (Å²) in [5.41, 5.74) is 2.29. The first kappa shape index (κ1) is 9.44. The van der Waals surface area contributed by atoms with E-state index in [-0.39, 0.29) is 0 Å². The lowest BCUT2D eigenvalue weighted by Crippen LogP contribution is -2.06. The van der Waals surface area contributed by atoms with E-state index in [1.807, 2.05) is 6.92 Å². The molecule has 1 aromatic heterocycles. The minimum atomic E-state index is 0.707. The predicted molar refractivity (Wildman–Crippen MR) is 57.5 cm³/mol. The van der Waals surface area contributed by atoms with Gasteiger partial charge in [-0.15, -0.1) is 0 Å². The van der Waals surface area contributed by atoms with Crippen LogP contribution in [0.25, 0.3) is 0 Å². The summed E-state index contributed by atoms with van der Waals surface area (Å²) in [6.07, 6.45) is 3.70. The Morgan fingerprint density at radius 1 is 1.43 bits per heavy atom. The second-order valence-electron chi connectivity index (χ2n) is 3.96. The van der Waals surface area contributed by atoms with Gasteiger partial charge in [-0.05, 0) is 32.3 Å². The van der Waals surface area contributed by atoms with Gasteiger partial charge in [-0.25, -0.2) is 9.97 Å². The van der Waals surface area contributed by atoms with Gasteiger partial charge in [0, 0.05) is 23.9 Å². The molecule has 1 aliphatic rings. The molecule has 1 saturated carbocycles. The van der Waals surface area contributed by atoms with Crippen LogP contribution in [0.4, 0.5) is 5.95 Å². The molecule has 0 spiro atoms. The quantitative estimate of drug-likeness (QED) is 0.794. The van der Waals surface area contributed by atoms with E-state index >= 15 is 0 Å². The van der Waals surface area contributed by atoms with Crippen LogP contribution >= 0.6 is 0 Å². The van der Waals surface area contributed by atoms with Crippen molar-refractivity contribution in [3.05, 3.63) is 17.5 Å². The first-order valence-electron chi connectivity index (χ1n) is 5.39. The lowest BCUT2D eigenvalue weighted by molar-refractivity contribution is 0.917. The summed E-state index contributed by atoms with van der Waals surface area (Å²) < 4.78 is 0. The van der Waals surface area contributed by atoms with Gasteiger partial charge in [0.1, 0.15) is 0 Å². The zero-order valence-corrected chi connectivity index (χ0v) is 8.88. The van der Waals surface area contributed by atoms with Crippen molar-refractivity contribution in [3.63, 3.8) is 0 Å². The van der Waals surface area contributed by atoms with Gasteiger partial charge in [0.2, 0.25) is 5.95 Å². The average Bonchev–Trinajstić information content (AvgIpc) is 2.97. The highest BCUT2D eigenvalue weighted by Crippen LogP contribution is 2.39. The Bertz CT molecular complexity index is 318. The second-order valence-corrected chi connectivity index (χ2v) is 3.96. The van der Waals surface area contributed by atoms with Gasteiger partial charge in [-0.2, -0.15) is 0 Å². The smallest absolute Gasteiger partial charge is 0.223 e. The third kappa shape index (κ3) is 2.22. The molecule has 1 N–H and O–H groups in total. The van der Waals surface area contributed by atoms with E-state index in [0.29, 0.717) is 5.92 Å². The molecule has 1 aliphatic carbocycles. The van der Waals surface area contributed by atoms with Crippen LogP contribution < -0.4 is 5.32 Å². The normalized spacial score (nSPS) is 15.6. The van der Waals surface area contributed by atoms with E-state index in [9.17, 15) is 0 Å². The van der Waals surface area contributed by atoms with Crippen molar-refractivity contribution >= 4 is 5.95 Å². The standard InChI is InChI=1S/C11H17N3/c1-3-6-12-11-13-8(2)7-10(14-11)9-4-5-9/h7,9H,3-6H2,1-2H3,(H,12,13,14). The molecule has 3 heteroatoms. The van der Waals surface area contributed by atoms with Crippen LogP contribution in [0.15, 0.2) is 6.07 Å². The highest BCUT2D eigenvalue weighted by molar-refractivity contribution is 5.30. The number of aryl methyl sites for hydroxylation is 1. The van der Waals surface area contributed by atoms with Crippen LogP contribution in [0.2, 0.25) is 0 Å². The molecule has 3 nitrogen and oxygen atoms in total. The topological polar surface area (TPSA) is 37.8 Å². The van der Waals surface area contributed by atoms with E-state index in [0.717, 1.165) is 24.6 Å². The predicted octanol–water partition coefficient (Wildman–Crippen LogP) is 2.48. The summed E-state index contributed by atoms with van der Waals surface area (Å²) in [5, 5.41) is 3.24. The average molecular weight is 191 g/mol. The molecule has 2 rings (SSSR count). The van der Waals surface area contributed by atoms with Crippen molar-refractivity contribution in [2.45, 2.75) is 39.0 Å². The van der Waals surface area contributed by atoms with Crippen molar-refractivity contribution in [3.8, 4) is 0 Å². The number of hydrogen-bond donors (Lipinski definition) is 1. The van der Waals surface area contributed by atoms with Crippen LogP contribution in [-0.4, -0.2) is 16.5 Å². The molecule has 0 atom stereocenters. The number of aromatic nitrogens is 2. The first-order valence-corrected chi connectivity index (χ1v) is 5.39. The molecule has 0 saturated heterocycles. The number of nitrogens with one attached hydrogen (secondary N) is 1. The van der Waals surface area contributed by atoms with Crippen LogP contribution in [0.1, 0.15) is 43.5 Å². The molecule has 0 bridgehead atoms. The highest BCUT2D eigenvalue weighted by atomic mass is 15.1. The molecule has 0 amide bonds. The molecule has 0 aromatic carbocycles. The number of anilines is 1. The Kier molecular flexibility index (Phi) is 2.66. The van der Waals surface area contributed by atoms with Crippen molar-refractivity contribution < 1.29 is 0 Å². The molecule has 1 heterocycles. The van der Waals surface area contributed by atoms with E-state index in [1.54, 1.807) is 0 Å². The van der Waals surface area contributed by atoms with E-state index in [1.165, 1.54) is 18.5 Å². The van der Waals surface area contributed by atoms with Crippen LogP contribution in [-0.2, 0) is 0 Å². The van der Waals surface area contributed by atoms with Gasteiger partial charge in [-0.3, -0.25) is 0 Å². The van der Waals surface area contributed by atoms with E-state index < -0.39 is 0 Å². The molecule has 1 fully saturated rings. The lowest BCUT2D eigenvalue weighted by atomic mass is 10.2. The van der Waals surface area contributed by atoms with Gasteiger partial charge in [0.25, 0.3) is 0 Å². The lowest BCUT2D eigenvalue weighted by Gasteiger charge is -2.06. The Balaban J connectivity index is 2.13. The largest absolute Gasteiger partial charge is 0.354 e. The molecule has 0 unspecified atom stereocenters. The fourth-order valence-electron chi connectivity index (χ4n) is 1.50. The van der Waals surface area contributed by atoms with Crippen LogP contribution in [0.5, 0.6) is 0 Å². The van der Waals surface area contributed by atoms with Crippen molar-refractivity contribution in [1.29, 1.82) is 0 Å². The zero-order valence-electron chi connectivity index (χ0n) is 8.88. The maximum atomic E-state index is 4.51. The summed E-state index contributed by atoms with van der Waals surface area (Å²) >= 11 is 0. The zero-order chi connectivity index (χ0) is 9.97. The van der Waals surface area contributed by atoms with Gasteiger partial charge in [0.05, 0.1) is 0 Å². The summed E-state index contributed by atoms with van der Waals surface area (Å²) in [5.74, 6) is 1.51. The van der Waals surface area contributed by atoms with Gasteiger partial charge < -0.3 is 5.32 Å². The Morgan fingerprint density at radius 2 is 2.21 bits per heavy atom. The minimum Gasteiger partial charge on any atom is -0.354 e. The molecule has 1 aromatic rings. The Hall–Kier alpha value is -1.12. The summed E-state index contributed by atoms with van der Waals surface area (Å²) in [6.45, 7) is 5.13. The van der Waals surface area contributed by atoms with E-state index in [2.05, 4.69) is 28.3 Å². The van der Waals surface area contributed by atoms with Gasteiger partial charge in [0.15, 0.2) is 0 Å². The van der Waals surface area contributed by atoms with Crippen LogP contribution in [0, 0.1) is 6.92 Å². The summed E-state index contributed by atoms with van der Waals surface area (Å²) in [7, 11) is 0. The minimum absolute atomic E-state index is 0.707. The van der Waals surface area contributed by atoms with E-state index in [4.69, 9.17) is 0 Å². The maximum absolute atomic E-state index is 4.51. The SMILES string of the molecule is CCCNc1nc(C)cc(C2CC2)n1. The van der Waals surface area contributed by atoms with Crippen molar-refractivity contribution in [1.82, 2.24) is 9.97 Å². The number of hydrogen-bond acceptors (Lipinski definition) is 3. The molecule has 14 heavy (non-hydrogen) atoms. The Labute approximate surface area is 85.0 Å². The molecule has 0 aliphatic heterocycles. The number of rotatable bonds is 4. The van der Waals surface area contributed by atoms with Crippen molar-refractivity contribution in [2.75, 3.05) is 11.9 Å². The fraction of sp³-hybridized carbons (Fsp3) is 0.636. The molecular formula is C11H17N3. The monoisotopic (exact) mass is 191 g/mol. The molecule has 0 radical (unpaired) electrons. The molecular weight excluding hydrogens is 174 g/mol. The Morgan fingerprint density at radius 3 is 2.86 bits per heavy atom. The third-order valence-electron chi connectivity index (χ3n) is 2.40. The van der Waals surface area contributed by atoms with Gasteiger partial charge in [-0.1, -0.05) is 6.92 Å². The molecule has 76 valence electrons. The summed E-state index contributed by atoms with van der Waals surface area (Å²) in [4.78, 5) is 8.87. The second kappa shape index (κ2) is 3.95. The highest BCUT2D eigenvalue weighted by Gasteiger charge is 2.25. The van der Waals surface area contributed by atoms with Crippen molar-refractivity contribution in [2.24, 2.45) is 0 Å².